The van der Waals surface area contributed by atoms with Crippen LogP contribution in [0.25, 0.3) is 0 Å². The molecule has 3 fully saturated rings. The zero-order valence-electron chi connectivity index (χ0n) is 12.2. The van der Waals surface area contributed by atoms with E-state index in [2.05, 4.69) is 41.5 Å². The van der Waals surface area contributed by atoms with Gasteiger partial charge in [-0.3, -0.25) is 0 Å². The van der Waals surface area contributed by atoms with E-state index in [9.17, 15) is 5.11 Å². The molecule has 0 aromatic rings. The van der Waals surface area contributed by atoms with Gasteiger partial charge < -0.3 is 18.7 Å². The Morgan fingerprint density at radius 1 is 1.06 bits per heavy atom. The second-order valence-electron chi connectivity index (χ2n) is 7.59. The van der Waals surface area contributed by atoms with E-state index in [0.717, 1.165) is 0 Å². The number of hydrogen-bond acceptors (Lipinski definition) is 4. The standard InChI is InChI=1S/C13H25O4P/c1-11(2,3)9-13(7-14)8-15-18(16-9)17-10(13)12(4,5)6/h9-10,14H,7-8H2,1-6H3. The molecule has 3 aliphatic heterocycles. The number of fused-ring (bicyclic) bond motifs is 3. The fourth-order valence-electron chi connectivity index (χ4n) is 3.18. The molecule has 3 aliphatic rings. The largest absolute Gasteiger partial charge is 0.395 e. The molecule has 3 heterocycles. The topological polar surface area (TPSA) is 47.9 Å². The average Bonchev–Trinajstić information content (AvgIpc) is 2.27. The summed E-state index contributed by atoms with van der Waals surface area (Å²) in [6.45, 7) is 13.4. The van der Waals surface area contributed by atoms with Crippen LogP contribution in [0.1, 0.15) is 41.5 Å². The summed E-state index contributed by atoms with van der Waals surface area (Å²) in [6, 6.07) is 0. The first kappa shape index (κ1) is 14.7. The van der Waals surface area contributed by atoms with E-state index in [1.54, 1.807) is 0 Å². The Hall–Kier alpha value is 0.270. The molecule has 3 saturated heterocycles. The highest BCUT2D eigenvalue weighted by Crippen LogP contribution is 2.65. The first-order chi connectivity index (χ1) is 8.11. The fraction of sp³-hybridized carbons (Fsp3) is 1.00. The first-order valence-electron chi connectivity index (χ1n) is 6.49. The van der Waals surface area contributed by atoms with Crippen molar-refractivity contribution in [1.29, 1.82) is 0 Å². The molecule has 2 bridgehead atoms. The Kier molecular flexibility index (Phi) is 3.58. The SMILES string of the molecule is CC(C)(C)C1OP2OCC1(CO)C(C(C)(C)C)O2. The van der Waals surface area contributed by atoms with Crippen molar-refractivity contribution in [3.05, 3.63) is 0 Å². The Morgan fingerprint density at radius 2 is 1.50 bits per heavy atom. The van der Waals surface area contributed by atoms with Gasteiger partial charge in [-0.05, 0) is 10.8 Å². The van der Waals surface area contributed by atoms with Crippen molar-refractivity contribution in [1.82, 2.24) is 0 Å². The van der Waals surface area contributed by atoms with Gasteiger partial charge in [-0.15, -0.1) is 0 Å². The van der Waals surface area contributed by atoms with E-state index >= 15 is 0 Å². The van der Waals surface area contributed by atoms with Crippen LogP contribution in [0.3, 0.4) is 0 Å². The monoisotopic (exact) mass is 276 g/mol. The summed E-state index contributed by atoms with van der Waals surface area (Å²) in [7, 11) is -1.26. The van der Waals surface area contributed by atoms with Gasteiger partial charge >= 0.3 is 8.60 Å². The van der Waals surface area contributed by atoms with Crippen LogP contribution in [-0.4, -0.2) is 30.5 Å². The molecule has 2 atom stereocenters. The molecule has 0 aliphatic carbocycles. The van der Waals surface area contributed by atoms with Crippen molar-refractivity contribution in [3.63, 3.8) is 0 Å². The molecule has 18 heavy (non-hydrogen) atoms. The zero-order chi connectivity index (χ0) is 13.8. The van der Waals surface area contributed by atoms with Crippen LogP contribution in [0.15, 0.2) is 0 Å². The number of aliphatic hydroxyl groups excluding tert-OH is 1. The summed E-state index contributed by atoms with van der Waals surface area (Å²) in [5.74, 6) is 0. The molecule has 0 radical (unpaired) electrons. The third-order valence-corrected chi connectivity index (χ3v) is 4.84. The Morgan fingerprint density at radius 3 is 1.83 bits per heavy atom. The van der Waals surface area contributed by atoms with Gasteiger partial charge in [0.25, 0.3) is 0 Å². The zero-order valence-corrected chi connectivity index (χ0v) is 13.1. The number of rotatable bonds is 1. The summed E-state index contributed by atoms with van der Waals surface area (Å²) >= 11 is 0. The highest BCUT2D eigenvalue weighted by atomic mass is 31.2. The quantitative estimate of drug-likeness (QED) is 0.748. The Labute approximate surface area is 111 Å². The molecule has 0 spiro atoms. The van der Waals surface area contributed by atoms with Crippen molar-refractivity contribution >= 4 is 8.60 Å². The third kappa shape index (κ3) is 2.23. The number of hydrogen-bond donors (Lipinski definition) is 1. The molecule has 3 rings (SSSR count). The maximum atomic E-state index is 10.0. The molecule has 5 heteroatoms. The summed E-state index contributed by atoms with van der Waals surface area (Å²) in [4.78, 5) is 0. The molecule has 2 unspecified atom stereocenters. The van der Waals surface area contributed by atoms with Gasteiger partial charge in [-0.1, -0.05) is 41.5 Å². The fourth-order valence-corrected chi connectivity index (χ4v) is 5.10. The highest BCUT2D eigenvalue weighted by Gasteiger charge is 2.63. The lowest BCUT2D eigenvalue weighted by atomic mass is 9.63. The average molecular weight is 276 g/mol. The van der Waals surface area contributed by atoms with Crippen LogP contribution < -0.4 is 0 Å². The van der Waals surface area contributed by atoms with Gasteiger partial charge in [0.15, 0.2) is 0 Å². The molecule has 1 N–H and O–H groups in total. The molecular formula is C13H25O4P. The minimum atomic E-state index is -1.26. The Balaban J connectivity index is 2.41. The van der Waals surface area contributed by atoms with Crippen LogP contribution in [0, 0.1) is 16.2 Å². The van der Waals surface area contributed by atoms with Crippen molar-refractivity contribution in [2.45, 2.75) is 53.8 Å². The summed E-state index contributed by atoms with van der Waals surface area (Å²) < 4.78 is 17.4. The second-order valence-corrected chi connectivity index (χ2v) is 8.72. The van der Waals surface area contributed by atoms with Crippen LogP contribution in [0.5, 0.6) is 0 Å². The van der Waals surface area contributed by atoms with Crippen molar-refractivity contribution in [2.24, 2.45) is 16.2 Å². The summed E-state index contributed by atoms with van der Waals surface area (Å²) in [6.07, 6.45) is -0.0688. The maximum absolute atomic E-state index is 10.0. The van der Waals surface area contributed by atoms with E-state index in [0.29, 0.717) is 6.61 Å². The van der Waals surface area contributed by atoms with Gasteiger partial charge in [0.2, 0.25) is 0 Å². The molecule has 0 aromatic heterocycles. The Bertz CT molecular complexity index is 294. The van der Waals surface area contributed by atoms with Crippen molar-refractivity contribution in [3.8, 4) is 0 Å². The van der Waals surface area contributed by atoms with Gasteiger partial charge in [-0.2, -0.15) is 0 Å². The normalized spacial score (nSPS) is 41.2. The predicted octanol–water partition coefficient (Wildman–Crippen LogP) is 3.10. The van der Waals surface area contributed by atoms with Crippen molar-refractivity contribution < 1.29 is 18.7 Å². The lowest BCUT2D eigenvalue weighted by molar-refractivity contribution is -0.230. The van der Waals surface area contributed by atoms with E-state index in [1.165, 1.54) is 0 Å². The molecule has 0 aromatic carbocycles. The van der Waals surface area contributed by atoms with E-state index < -0.39 is 14.0 Å². The molecule has 106 valence electrons. The van der Waals surface area contributed by atoms with Gasteiger partial charge in [-0.25, -0.2) is 0 Å². The molecular weight excluding hydrogens is 251 g/mol. The number of aliphatic hydroxyl groups is 1. The minimum absolute atomic E-state index is 0.0278. The summed E-state index contributed by atoms with van der Waals surface area (Å²) in [5.41, 5.74) is -0.547. The van der Waals surface area contributed by atoms with Crippen LogP contribution >= 0.6 is 8.60 Å². The first-order valence-corrected chi connectivity index (χ1v) is 7.58. The van der Waals surface area contributed by atoms with Crippen LogP contribution in [0.2, 0.25) is 0 Å². The maximum Gasteiger partial charge on any atom is 0.333 e. The molecule has 0 saturated carbocycles. The third-order valence-electron chi connectivity index (χ3n) is 3.73. The van der Waals surface area contributed by atoms with Gasteiger partial charge in [0, 0.05) is 0 Å². The van der Waals surface area contributed by atoms with Gasteiger partial charge in [0.1, 0.15) is 0 Å². The lowest BCUT2D eigenvalue weighted by Gasteiger charge is -2.59. The van der Waals surface area contributed by atoms with E-state index in [4.69, 9.17) is 13.6 Å². The van der Waals surface area contributed by atoms with E-state index in [-0.39, 0.29) is 29.6 Å². The second kappa shape index (κ2) is 4.39. The van der Waals surface area contributed by atoms with Crippen LogP contribution in [0.4, 0.5) is 0 Å². The lowest BCUT2D eigenvalue weighted by Crippen LogP contribution is -2.65. The highest BCUT2D eigenvalue weighted by molar-refractivity contribution is 7.41. The smallest absolute Gasteiger partial charge is 0.333 e. The minimum Gasteiger partial charge on any atom is -0.395 e. The van der Waals surface area contributed by atoms with Gasteiger partial charge in [0.05, 0.1) is 30.8 Å². The molecule has 0 amide bonds. The van der Waals surface area contributed by atoms with Crippen molar-refractivity contribution in [2.75, 3.05) is 13.2 Å². The van der Waals surface area contributed by atoms with Crippen LogP contribution in [-0.2, 0) is 13.6 Å². The summed E-state index contributed by atoms with van der Waals surface area (Å²) in [5, 5.41) is 10.0. The van der Waals surface area contributed by atoms with E-state index in [1.807, 2.05) is 0 Å². The predicted molar refractivity (Wildman–Crippen MR) is 71.0 cm³/mol. The molecule has 4 nitrogen and oxygen atoms in total.